The molecule has 0 radical (unpaired) electrons. The minimum absolute atomic E-state index is 0. The summed E-state index contributed by atoms with van der Waals surface area (Å²) in [5, 5.41) is 9.17. The predicted molar refractivity (Wildman–Crippen MR) is 117 cm³/mol. The van der Waals surface area contributed by atoms with Gasteiger partial charge >= 0.3 is 0 Å². The van der Waals surface area contributed by atoms with Crippen molar-refractivity contribution in [3.8, 4) is 11.5 Å². The second-order valence-electron chi connectivity index (χ2n) is 5.86. The molecule has 0 unspecified atom stereocenters. The molecule has 1 aromatic heterocycles. The van der Waals surface area contributed by atoms with E-state index in [9.17, 15) is 4.79 Å². The highest BCUT2D eigenvalue weighted by atomic mass is 127. The monoisotopic (exact) mass is 500 g/mol. The standard InChI is InChI=1S/C19H24N4O4.HI/c1-2-20-19(23-10-9-21-18(24)16-4-3-11-25-16)22-8-7-14-5-6-15-17(12-14)27-13-26-15;/h3-6,11-12H,2,7-10,13H2,1H3,(H,21,24)(H2,20,22,23);1H. The minimum Gasteiger partial charge on any atom is -0.459 e. The first kappa shape index (κ1) is 21.9. The smallest absolute Gasteiger partial charge is 0.287 e. The fourth-order valence-corrected chi connectivity index (χ4v) is 2.59. The van der Waals surface area contributed by atoms with Gasteiger partial charge in [-0.2, -0.15) is 0 Å². The first-order chi connectivity index (χ1) is 13.3. The Morgan fingerprint density at radius 2 is 1.93 bits per heavy atom. The fourth-order valence-electron chi connectivity index (χ4n) is 2.59. The Kier molecular flexibility index (Phi) is 8.92. The number of carbonyl (C=O) groups is 1. The van der Waals surface area contributed by atoms with E-state index in [0.717, 1.165) is 30.0 Å². The van der Waals surface area contributed by atoms with Gasteiger partial charge in [0.2, 0.25) is 6.79 Å². The number of guanidine groups is 1. The van der Waals surface area contributed by atoms with Gasteiger partial charge in [-0.25, -0.2) is 0 Å². The van der Waals surface area contributed by atoms with Gasteiger partial charge in [0.15, 0.2) is 23.2 Å². The summed E-state index contributed by atoms with van der Waals surface area (Å²) < 4.78 is 15.8. The molecule has 1 aromatic carbocycles. The van der Waals surface area contributed by atoms with Gasteiger partial charge in [0, 0.05) is 26.2 Å². The third-order valence-electron chi connectivity index (χ3n) is 3.90. The summed E-state index contributed by atoms with van der Waals surface area (Å²) in [5.74, 6) is 2.36. The van der Waals surface area contributed by atoms with Crippen LogP contribution in [0.1, 0.15) is 23.0 Å². The van der Waals surface area contributed by atoms with Crippen LogP contribution in [-0.2, 0) is 6.42 Å². The summed E-state index contributed by atoms with van der Waals surface area (Å²) in [7, 11) is 0. The van der Waals surface area contributed by atoms with Crippen LogP contribution in [0.4, 0.5) is 0 Å². The van der Waals surface area contributed by atoms with Crippen LogP contribution in [0.2, 0.25) is 0 Å². The number of nitrogens with zero attached hydrogens (tertiary/aromatic N) is 1. The third kappa shape index (κ3) is 6.32. The number of aliphatic imine (C=N–C) groups is 1. The van der Waals surface area contributed by atoms with Crippen LogP contribution in [0.5, 0.6) is 11.5 Å². The molecule has 28 heavy (non-hydrogen) atoms. The zero-order valence-electron chi connectivity index (χ0n) is 15.7. The highest BCUT2D eigenvalue weighted by molar-refractivity contribution is 14.0. The van der Waals surface area contributed by atoms with Crippen LogP contribution in [0.3, 0.4) is 0 Å². The number of fused-ring (bicyclic) bond motifs is 1. The molecule has 0 saturated carbocycles. The van der Waals surface area contributed by atoms with Gasteiger partial charge in [0.1, 0.15) is 0 Å². The van der Waals surface area contributed by atoms with Crippen molar-refractivity contribution < 1.29 is 18.7 Å². The molecule has 1 aliphatic rings. The van der Waals surface area contributed by atoms with E-state index in [2.05, 4.69) is 20.9 Å². The summed E-state index contributed by atoms with van der Waals surface area (Å²) in [6, 6.07) is 9.25. The van der Waals surface area contributed by atoms with Crippen LogP contribution in [-0.4, -0.2) is 44.8 Å². The van der Waals surface area contributed by atoms with Gasteiger partial charge < -0.3 is 29.8 Å². The van der Waals surface area contributed by atoms with Gasteiger partial charge in [0.05, 0.1) is 6.26 Å². The SMILES string of the molecule is CCNC(=NCCc1ccc2c(c1)OCO2)NCCNC(=O)c1ccco1.I. The van der Waals surface area contributed by atoms with Crippen molar-refractivity contribution >= 4 is 35.8 Å². The number of amides is 1. The molecule has 0 aliphatic carbocycles. The molecule has 0 fully saturated rings. The lowest BCUT2D eigenvalue weighted by Gasteiger charge is -2.11. The number of benzene rings is 1. The topological polar surface area (TPSA) is 97.1 Å². The van der Waals surface area contributed by atoms with Crippen LogP contribution >= 0.6 is 24.0 Å². The molecular weight excluding hydrogens is 475 g/mol. The van der Waals surface area contributed by atoms with Gasteiger partial charge in [-0.1, -0.05) is 6.07 Å². The summed E-state index contributed by atoms with van der Waals surface area (Å²) in [4.78, 5) is 16.3. The van der Waals surface area contributed by atoms with Crippen molar-refractivity contribution in [2.75, 3.05) is 33.0 Å². The normalized spacial score (nSPS) is 12.2. The highest BCUT2D eigenvalue weighted by Crippen LogP contribution is 2.32. The number of hydrogen-bond donors (Lipinski definition) is 3. The van der Waals surface area contributed by atoms with E-state index in [4.69, 9.17) is 13.9 Å². The quantitative estimate of drug-likeness (QED) is 0.223. The maximum absolute atomic E-state index is 11.8. The van der Waals surface area contributed by atoms with Crippen LogP contribution < -0.4 is 25.4 Å². The van der Waals surface area contributed by atoms with Crippen LogP contribution in [0, 0.1) is 0 Å². The molecule has 1 aliphatic heterocycles. The molecule has 3 rings (SSSR count). The lowest BCUT2D eigenvalue weighted by molar-refractivity contribution is 0.0926. The van der Waals surface area contributed by atoms with Gasteiger partial charge in [0.25, 0.3) is 5.91 Å². The Balaban J connectivity index is 0.00000280. The van der Waals surface area contributed by atoms with Crippen molar-refractivity contribution in [3.63, 3.8) is 0 Å². The van der Waals surface area contributed by atoms with E-state index >= 15 is 0 Å². The summed E-state index contributed by atoms with van der Waals surface area (Å²) >= 11 is 0. The molecule has 8 nitrogen and oxygen atoms in total. The molecule has 2 heterocycles. The maximum atomic E-state index is 11.8. The molecule has 2 aromatic rings. The number of furan rings is 1. The zero-order valence-corrected chi connectivity index (χ0v) is 18.0. The Bertz CT molecular complexity index is 780. The largest absolute Gasteiger partial charge is 0.459 e. The number of nitrogens with one attached hydrogen (secondary N) is 3. The lowest BCUT2D eigenvalue weighted by atomic mass is 10.1. The Hall–Kier alpha value is -2.43. The molecule has 0 spiro atoms. The number of hydrogen-bond acceptors (Lipinski definition) is 5. The van der Waals surface area contributed by atoms with Crippen molar-refractivity contribution in [3.05, 3.63) is 47.9 Å². The van der Waals surface area contributed by atoms with E-state index in [1.807, 2.05) is 25.1 Å². The van der Waals surface area contributed by atoms with E-state index < -0.39 is 0 Å². The molecule has 0 saturated heterocycles. The molecule has 3 N–H and O–H groups in total. The van der Waals surface area contributed by atoms with E-state index in [1.165, 1.54) is 6.26 Å². The number of carbonyl (C=O) groups excluding carboxylic acids is 1. The molecular formula is C19H25IN4O4. The van der Waals surface area contributed by atoms with Gasteiger partial charge in [-0.3, -0.25) is 9.79 Å². The molecule has 0 atom stereocenters. The van der Waals surface area contributed by atoms with Crippen molar-refractivity contribution in [1.29, 1.82) is 0 Å². The molecule has 152 valence electrons. The second-order valence-corrected chi connectivity index (χ2v) is 5.86. The minimum atomic E-state index is -0.230. The fraction of sp³-hybridized carbons (Fsp3) is 0.368. The summed E-state index contributed by atoms with van der Waals surface area (Å²) in [5.41, 5.74) is 1.14. The third-order valence-corrected chi connectivity index (χ3v) is 3.90. The van der Waals surface area contributed by atoms with E-state index in [0.29, 0.717) is 31.4 Å². The average molecular weight is 500 g/mol. The zero-order chi connectivity index (χ0) is 18.9. The highest BCUT2D eigenvalue weighted by Gasteiger charge is 2.12. The second kappa shape index (κ2) is 11.4. The van der Waals surface area contributed by atoms with Crippen molar-refractivity contribution in [2.24, 2.45) is 4.99 Å². The lowest BCUT2D eigenvalue weighted by Crippen LogP contribution is -2.41. The number of ether oxygens (including phenoxy) is 2. The van der Waals surface area contributed by atoms with Crippen molar-refractivity contribution in [2.45, 2.75) is 13.3 Å². The van der Waals surface area contributed by atoms with Crippen molar-refractivity contribution in [1.82, 2.24) is 16.0 Å². The summed E-state index contributed by atoms with van der Waals surface area (Å²) in [6.45, 7) is 4.70. The first-order valence-electron chi connectivity index (χ1n) is 8.98. The number of halogens is 1. The average Bonchev–Trinajstić information content (AvgIpc) is 3.36. The number of rotatable bonds is 8. The molecule has 9 heteroatoms. The Morgan fingerprint density at radius 1 is 1.11 bits per heavy atom. The molecule has 0 bridgehead atoms. The summed E-state index contributed by atoms with van der Waals surface area (Å²) in [6.07, 6.45) is 2.27. The molecule has 1 amide bonds. The van der Waals surface area contributed by atoms with Crippen LogP contribution in [0.15, 0.2) is 46.0 Å². The Labute approximate surface area is 181 Å². The van der Waals surface area contributed by atoms with E-state index in [1.54, 1.807) is 12.1 Å². The predicted octanol–water partition coefficient (Wildman–Crippen LogP) is 2.15. The van der Waals surface area contributed by atoms with E-state index in [-0.39, 0.29) is 36.7 Å². The van der Waals surface area contributed by atoms with Crippen LogP contribution in [0.25, 0.3) is 0 Å². The first-order valence-corrected chi connectivity index (χ1v) is 8.98. The van der Waals surface area contributed by atoms with Gasteiger partial charge in [-0.15, -0.1) is 24.0 Å². The Morgan fingerprint density at radius 3 is 2.71 bits per heavy atom. The maximum Gasteiger partial charge on any atom is 0.287 e. The van der Waals surface area contributed by atoms with Gasteiger partial charge in [-0.05, 0) is 43.2 Å².